The number of aromatic nitrogens is 2. The molecule has 186 valence electrons. The molecule has 1 aliphatic rings. The maximum Gasteiger partial charge on any atom is 0.299 e. The number of aryl methyl sites for hydroxylation is 1. The summed E-state index contributed by atoms with van der Waals surface area (Å²) in [6, 6.07) is 14.0. The van der Waals surface area contributed by atoms with Crippen molar-refractivity contribution >= 4 is 23.3 Å². The zero-order valence-corrected chi connectivity index (χ0v) is 20.4. The maximum absolute atomic E-state index is 13.0. The lowest BCUT2D eigenvalue weighted by molar-refractivity contribution is -0.120. The van der Waals surface area contributed by atoms with Gasteiger partial charge in [-0.15, -0.1) is 0 Å². The second-order valence-electron chi connectivity index (χ2n) is 8.60. The summed E-state index contributed by atoms with van der Waals surface area (Å²) in [5.41, 5.74) is 4.55. The smallest absolute Gasteiger partial charge is 0.299 e. The number of anilines is 3. The SMILES string of the molecule is CCc1cc(Nc2ncc(-c3ccccc3N(C)C(=O)CN3CCOCC3)o2)ccc1-c1cnco1. The molecule has 1 fully saturated rings. The molecule has 3 heterocycles. The van der Waals surface area contributed by atoms with Crippen molar-refractivity contribution in [2.45, 2.75) is 13.3 Å². The fourth-order valence-electron chi connectivity index (χ4n) is 4.30. The fraction of sp³-hybridized carbons (Fsp3) is 0.296. The van der Waals surface area contributed by atoms with E-state index >= 15 is 0 Å². The first kappa shape index (κ1) is 23.8. The lowest BCUT2D eigenvalue weighted by Crippen LogP contribution is -2.43. The number of carbonyl (C=O) groups excluding carboxylic acids is 1. The maximum atomic E-state index is 13.0. The normalized spacial score (nSPS) is 14.1. The molecule has 9 nitrogen and oxygen atoms in total. The predicted octanol–water partition coefficient (Wildman–Crippen LogP) is 4.60. The van der Waals surface area contributed by atoms with Crippen molar-refractivity contribution in [3.8, 4) is 22.6 Å². The summed E-state index contributed by atoms with van der Waals surface area (Å²) in [5, 5.41) is 3.24. The average molecular weight is 488 g/mol. The minimum Gasteiger partial charge on any atom is -0.444 e. The Kier molecular flexibility index (Phi) is 7.11. The van der Waals surface area contributed by atoms with Crippen molar-refractivity contribution < 1.29 is 18.4 Å². The van der Waals surface area contributed by atoms with Gasteiger partial charge in [0, 0.05) is 37.0 Å². The Morgan fingerprint density at radius 3 is 2.69 bits per heavy atom. The Bertz CT molecular complexity index is 1310. The third-order valence-electron chi connectivity index (χ3n) is 6.31. The lowest BCUT2D eigenvalue weighted by Gasteiger charge is -2.28. The molecule has 1 amide bonds. The number of oxazole rings is 2. The van der Waals surface area contributed by atoms with E-state index in [-0.39, 0.29) is 5.91 Å². The van der Waals surface area contributed by atoms with Gasteiger partial charge in [0.25, 0.3) is 6.01 Å². The largest absolute Gasteiger partial charge is 0.444 e. The Labute approximate surface area is 209 Å². The minimum absolute atomic E-state index is 0.0150. The molecule has 0 saturated carbocycles. The van der Waals surface area contributed by atoms with E-state index in [4.69, 9.17) is 13.6 Å². The number of hydrogen-bond donors (Lipinski definition) is 1. The van der Waals surface area contributed by atoms with Crippen LogP contribution >= 0.6 is 0 Å². The number of carbonyl (C=O) groups is 1. The van der Waals surface area contributed by atoms with E-state index in [9.17, 15) is 4.79 Å². The molecule has 1 N–H and O–H groups in total. The van der Waals surface area contributed by atoms with E-state index in [1.165, 1.54) is 6.39 Å². The van der Waals surface area contributed by atoms with Gasteiger partial charge in [-0.25, -0.2) is 9.97 Å². The Hall–Kier alpha value is -3.95. The standard InChI is InChI=1S/C27H29N5O4/c1-3-19-14-20(8-9-21(19)24-15-28-18-35-24)30-27-29-16-25(36-27)22-6-4-5-7-23(22)31(2)26(33)17-32-10-12-34-13-11-32/h4-9,14-16,18H,3,10-13,17H2,1-2H3,(H,29,30). The molecule has 0 unspecified atom stereocenters. The summed E-state index contributed by atoms with van der Waals surface area (Å²) in [6.45, 7) is 5.28. The van der Waals surface area contributed by atoms with Crippen molar-refractivity contribution in [1.29, 1.82) is 0 Å². The number of rotatable bonds is 8. The summed E-state index contributed by atoms with van der Waals surface area (Å²) in [4.78, 5) is 25.2. The van der Waals surface area contributed by atoms with Crippen LogP contribution < -0.4 is 10.2 Å². The molecule has 9 heteroatoms. The molecular formula is C27H29N5O4. The number of nitrogens with one attached hydrogen (secondary N) is 1. The highest BCUT2D eigenvalue weighted by Crippen LogP contribution is 2.33. The van der Waals surface area contributed by atoms with Crippen molar-refractivity contribution in [1.82, 2.24) is 14.9 Å². The van der Waals surface area contributed by atoms with E-state index in [0.717, 1.165) is 53.3 Å². The molecular weight excluding hydrogens is 458 g/mol. The van der Waals surface area contributed by atoms with Crippen LogP contribution in [0.4, 0.5) is 17.4 Å². The molecule has 0 radical (unpaired) electrons. The van der Waals surface area contributed by atoms with Crippen LogP contribution in [0.2, 0.25) is 0 Å². The van der Waals surface area contributed by atoms with Crippen LogP contribution in [-0.4, -0.2) is 60.7 Å². The highest BCUT2D eigenvalue weighted by molar-refractivity contribution is 5.98. The van der Waals surface area contributed by atoms with E-state index in [0.29, 0.717) is 31.5 Å². The third-order valence-corrected chi connectivity index (χ3v) is 6.31. The van der Waals surface area contributed by atoms with E-state index in [1.54, 1.807) is 24.3 Å². The molecule has 1 aliphatic heterocycles. The molecule has 36 heavy (non-hydrogen) atoms. The van der Waals surface area contributed by atoms with Crippen LogP contribution in [0.5, 0.6) is 0 Å². The number of benzene rings is 2. The summed E-state index contributed by atoms with van der Waals surface area (Å²) in [7, 11) is 1.79. The van der Waals surface area contributed by atoms with Gasteiger partial charge in [-0.05, 0) is 42.3 Å². The van der Waals surface area contributed by atoms with Gasteiger partial charge < -0.3 is 23.8 Å². The zero-order chi connectivity index (χ0) is 24.9. The Morgan fingerprint density at radius 2 is 1.92 bits per heavy atom. The van der Waals surface area contributed by atoms with Gasteiger partial charge >= 0.3 is 0 Å². The van der Waals surface area contributed by atoms with Crippen LogP contribution in [-0.2, 0) is 16.0 Å². The summed E-state index contributed by atoms with van der Waals surface area (Å²) in [5.74, 6) is 1.33. The lowest BCUT2D eigenvalue weighted by atomic mass is 10.0. The van der Waals surface area contributed by atoms with Crippen LogP contribution in [0.1, 0.15) is 12.5 Å². The molecule has 0 spiro atoms. The second kappa shape index (κ2) is 10.8. The summed E-state index contributed by atoms with van der Waals surface area (Å²) >= 11 is 0. The molecule has 5 rings (SSSR count). The summed E-state index contributed by atoms with van der Waals surface area (Å²) < 4.78 is 16.9. The van der Waals surface area contributed by atoms with Gasteiger partial charge in [0.2, 0.25) is 5.91 Å². The van der Waals surface area contributed by atoms with E-state index < -0.39 is 0 Å². The number of morpholine rings is 1. The van der Waals surface area contributed by atoms with E-state index in [1.807, 2.05) is 42.5 Å². The molecule has 2 aromatic heterocycles. The predicted molar refractivity (Wildman–Crippen MR) is 137 cm³/mol. The number of amides is 1. The Balaban J connectivity index is 1.33. The molecule has 0 bridgehead atoms. The van der Waals surface area contributed by atoms with Crippen LogP contribution in [0.15, 0.2) is 70.1 Å². The third kappa shape index (κ3) is 5.17. The average Bonchev–Trinajstić information content (AvgIpc) is 3.61. The molecule has 4 aromatic rings. The number of nitrogens with zero attached hydrogens (tertiary/aromatic N) is 4. The summed E-state index contributed by atoms with van der Waals surface area (Å²) in [6.07, 6.45) is 5.65. The number of ether oxygens (including phenoxy) is 1. The van der Waals surface area contributed by atoms with Crippen molar-refractivity contribution in [2.75, 3.05) is 50.1 Å². The van der Waals surface area contributed by atoms with Gasteiger partial charge in [0.1, 0.15) is 0 Å². The topological polar surface area (TPSA) is 96.9 Å². The van der Waals surface area contributed by atoms with Gasteiger partial charge in [0.15, 0.2) is 17.9 Å². The van der Waals surface area contributed by atoms with E-state index in [2.05, 4.69) is 27.1 Å². The number of hydrogen-bond acceptors (Lipinski definition) is 8. The monoisotopic (exact) mass is 487 g/mol. The Morgan fingerprint density at radius 1 is 1.08 bits per heavy atom. The molecule has 1 saturated heterocycles. The molecule has 2 aromatic carbocycles. The van der Waals surface area contributed by atoms with Crippen LogP contribution in [0.3, 0.4) is 0 Å². The number of para-hydroxylation sites is 1. The zero-order valence-electron chi connectivity index (χ0n) is 20.4. The van der Waals surface area contributed by atoms with Crippen molar-refractivity contribution in [2.24, 2.45) is 0 Å². The van der Waals surface area contributed by atoms with Gasteiger partial charge in [0.05, 0.1) is 37.8 Å². The molecule has 0 atom stereocenters. The van der Waals surface area contributed by atoms with Gasteiger partial charge in [-0.1, -0.05) is 19.1 Å². The van der Waals surface area contributed by atoms with Crippen LogP contribution in [0.25, 0.3) is 22.6 Å². The first-order valence-corrected chi connectivity index (χ1v) is 12.0. The van der Waals surface area contributed by atoms with Gasteiger partial charge in [-0.2, -0.15) is 0 Å². The highest BCUT2D eigenvalue weighted by Gasteiger charge is 2.21. The van der Waals surface area contributed by atoms with Crippen molar-refractivity contribution in [3.05, 3.63) is 66.8 Å². The first-order valence-electron chi connectivity index (χ1n) is 12.0. The second-order valence-corrected chi connectivity index (χ2v) is 8.60. The number of likely N-dealkylation sites (N-methyl/N-ethyl adjacent to an activating group) is 1. The van der Waals surface area contributed by atoms with Crippen LogP contribution in [0, 0.1) is 0 Å². The minimum atomic E-state index is 0.0150. The van der Waals surface area contributed by atoms with Crippen molar-refractivity contribution in [3.63, 3.8) is 0 Å². The fourth-order valence-corrected chi connectivity index (χ4v) is 4.30. The molecule has 0 aliphatic carbocycles. The quantitative estimate of drug-likeness (QED) is 0.385. The van der Waals surface area contributed by atoms with Gasteiger partial charge in [-0.3, -0.25) is 9.69 Å². The first-order chi connectivity index (χ1) is 17.6. The highest BCUT2D eigenvalue weighted by atomic mass is 16.5.